The molecule has 1 aromatic carbocycles. The number of rotatable bonds is 3. The smallest absolute Gasteiger partial charge is 0.248 e. The van der Waals surface area contributed by atoms with Gasteiger partial charge in [0.05, 0.1) is 0 Å². The summed E-state index contributed by atoms with van der Waals surface area (Å²) in [6.07, 6.45) is 1.29. The first-order valence-electron chi connectivity index (χ1n) is 5.01. The van der Waals surface area contributed by atoms with Crippen molar-refractivity contribution in [2.75, 3.05) is 11.1 Å². The number of nitrogens with zero attached hydrogens (tertiary/aromatic N) is 2. The molecule has 7 heteroatoms. The van der Waals surface area contributed by atoms with Gasteiger partial charge in [-0.2, -0.15) is 0 Å². The van der Waals surface area contributed by atoms with E-state index in [4.69, 9.17) is 23.1 Å². The van der Waals surface area contributed by atoms with E-state index in [0.29, 0.717) is 17.1 Å². The number of nitrogens with two attached hydrogens (primary N) is 2. The molecule has 0 fully saturated rings. The summed E-state index contributed by atoms with van der Waals surface area (Å²) in [6, 6.07) is 6.66. The van der Waals surface area contributed by atoms with Crippen molar-refractivity contribution >= 4 is 34.7 Å². The van der Waals surface area contributed by atoms with Gasteiger partial charge in [-0.25, -0.2) is 9.97 Å². The van der Waals surface area contributed by atoms with Gasteiger partial charge in [-0.1, -0.05) is 17.7 Å². The standard InChI is InChI=1S/C11H10ClN5O/c12-9-8(13)11(16-5-15-9)17-7-3-1-2-6(4-7)10(14)18/h1-5H,13H2,(H2,14,18)(H,15,16,17). The molecule has 1 heterocycles. The first kappa shape index (κ1) is 12.1. The van der Waals surface area contributed by atoms with Gasteiger partial charge in [-0.05, 0) is 18.2 Å². The van der Waals surface area contributed by atoms with E-state index in [1.165, 1.54) is 6.33 Å². The molecule has 2 rings (SSSR count). The Hall–Kier alpha value is -2.34. The third-order valence-corrected chi connectivity index (χ3v) is 2.55. The second-order valence-electron chi connectivity index (χ2n) is 3.50. The van der Waals surface area contributed by atoms with Crippen LogP contribution < -0.4 is 16.8 Å². The van der Waals surface area contributed by atoms with Crippen LogP contribution in [-0.4, -0.2) is 15.9 Å². The quantitative estimate of drug-likeness (QED) is 0.729. The number of halogens is 1. The lowest BCUT2D eigenvalue weighted by Crippen LogP contribution is -2.11. The van der Waals surface area contributed by atoms with Gasteiger partial charge in [0.1, 0.15) is 12.0 Å². The highest BCUT2D eigenvalue weighted by Gasteiger charge is 2.07. The fourth-order valence-electron chi connectivity index (χ4n) is 1.36. The topological polar surface area (TPSA) is 107 Å². The molecule has 0 aliphatic carbocycles. The van der Waals surface area contributed by atoms with E-state index >= 15 is 0 Å². The van der Waals surface area contributed by atoms with Crippen LogP contribution in [0.15, 0.2) is 30.6 Å². The Labute approximate surface area is 108 Å². The number of nitrogen functional groups attached to an aromatic ring is 1. The minimum Gasteiger partial charge on any atom is -0.393 e. The summed E-state index contributed by atoms with van der Waals surface area (Å²) in [5, 5.41) is 3.11. The molecule has 0 unspecified atom stereocenters. The van der Waals surface area contributed by atoms with Gasteiger partial charge >= 0.3 is 0 Å². The minimum atomic E-state index is -0.507. The van der Waals surface area contributed by atoms with Crippen molar-refractivity contribution in [3.05, 3.63) is 41.3 Å². The molecule has 6 nitrogen and oxygen atoms in total. The van der Waals surface area contributed by atoms with Crippen LogP contribution in [0, 0.1) is 0 Å². The van der Waals surface area contributed by atoms with Crippen LogP contribution in [0.1, 0.15) is 10.4 Å². The van der Waals surface area contributed by atoms with Crippen molar-refractivity contribution in [2.24, 2.45) is 5.73 Å². The highest BCUT2D eigenvalue weighted by Crippen LogP contribution is 2.25. The Bertz CT molecular complexity index is 602. The zero-order valence-corrected chi connectivity index (χ0v) is 9.98. The fourth-order valence-corrected chi connectivity index (χ4v) is 1.49. The molecule has 0 radical (unpaired) electrons. The van der Waals surface area contributed by atoms with Gasteiger partial charge in [0.25, 0.3) is 0 Å². The number of hydrogen-bond donors (Lipinski definition) is 3. The van der Waals surface area contributed by atoms with Crippen LogP contribution in [-0.2, 0) is 0 Å². The van der Waals surface area contributed by atoms with Crippen molar-refractivity contribution in [1.29, 1.82) is 0 Å². The number of amides is 1. The number of anilines is 3. The molecule has 0 aliphatic heterocycles. The molecule has 92 valence electrons. The lowest BCUT2D eigenvalue weighted by molar-refractivity contribution is 0.100. The number of aromatic nitrogens is 2. The van der Waals surface area contributed by atoms with Crippen LogP contribution in [0.5, 0.6) is 0 Å². The van der Waals surface area contributed by atoms with Gasteiger partial charge in [0, 0.05) is 11.3 Å². The average Bonchev–Trinajstić information content (AvgIpc) is 2.35. The first-order valence-corrected chi connectivity index (χ1v) is 5.38. The second kappa shape index (κ2) is 4.89. The fraction of sp³-hybridized carbons (Fsp3) is 0. The van der Waals surface area contributed by atoms with Crippen molar-refractivity contribution < 1.29 is 4.79 Å². The number of carbonyl (C=O) groups is 1. The average molecular weight is 264 g/mol. The van der Waals surface area contributed by atoms with Crippen LogP contribution >= 0.6 is 11.6 Å². The van der Waals surface area contributed by atoms with Crippen molar-refractivity contribution in [2.45, 2.75) is 0 Å². The van der Waals surface area contributed by atoms with Crippen molar-refractivity contribution in [3.8, 4) is 0 Å². The molecule has 0 atom stereocenters. The van der Waals surface area contributed by atoms with E-state index in [9.17, 15) is 4.79 Å². The number of carbonyl (C=O) groups excluding carboxylic acids is 1. The SMILES string of the molecule is NC(=O)c1cccc(Nc2ncnc(Cl)c2N)c1. The highest BCUT2D eigenvalue weighted by molar-refractivity contribution is 6.32. The number of primary amides is 1. The summed E-state index contributed by atoms with van der Waals surface area (Å²) >= 11 is 5.77. The maximum atomic E-state index is 11.0. The van der Waals surface area contributed by atoms with Gasteiger partial charge in [0.2, 0.25) is 5.91 Å². The maximum Gasteiger partial charge on any atom is 0.248 e. The van der Waals surface area contributed by atoms with Gasteiger partial charge in [-0.15, -0.1) is 0 Å². The predicted octanol–water partition coefficient (Wildman–Crippen LogP) is 1.55. The van der Waals surface area contributed by atoms with E-state index < -0.39 is 5.91 Å². The van der Waals surface area contributed by atoms with E-state index in [1.54, 1.807) is 24.3 Å². The molecule has 0 saturated heterocycles. The first-order chi connectivity index (χ1) is 8.58. The van der Waals surface area contributed by atoms with Gasteiger partial charge < -0.3 is 16.8 Å². The molecule has 1 amide bonds. The molecule has 0 aliphatic rings. The summed E-state index contributed by atoms with van der Waals surface area (Å²) in [6.45, 7) is 0. The number of hydrogen-bond acceptors (Lipinski definition) is 5. The Morgan fingerprint density at radius 1 is 1.33 bits per heavy atom. The molecule has 18 heavy (non-hydrogen) atoms. The largest absolute Gasteiger partial charge is 0.393 e. The van der Waals surface area contributed by atoms with Crippen molar-refractivity contribution in [1.82, 2.24) is 9.97 Å². The lowest BCUT2D eigenvalue weighted by atomic mass is 10.2. The Balaban J connectivity index is 2.31. The third-order valence-electron chi connectivity index (χ3n) is 2.25. The van der Waals surface area contributed by atoms with Gasteiger partial charge in [-0.3, -0.25) is 4.79 Å². The molecule has 1 aromatic heterocycles. The summed E-state index contributed by atoms with van der Waals surface area (Å²) < 4.78 is 0. The lowest BCUT2D eigenvalue weighted by Gasteiger charge is -2.09. The van der Waals surface area contributed by atoms with E-state index in [-0.39, 0.29) is 10.8 Å². The highest BCUT2D eigenvalue weighted by atomic mass is 35.5. The Kier molecular flexibility index (Phi) is 3.29. The molecule has 0 spiro atoms. The molecule has 0 saturated carbocycles. The molecular formula is C11H10ClN5O. The third kappa shape index (κ3) is 2.49. The molecule has 5 N–H and O–H groups in total. The summed E-state index contributed by atoms with van der Waals surface area (Å²) in [5.41, 5.74) is 12.2. The number of benzene rings is 1. The second-order valence-corrected chi connectivity index (χ2v) is 3.85. The van der Waals surface area contributed by atoms with Gasteiger partial charge in [0.15, 0.2) is 11.0 Å². The maximum absolute atomic E-state index is 11.0. The summed E-state index contributed by atoms with van der Waals surface area (Å²) in [5.74, 6) is -0.135. The Morgan fingerprint density at radius 3 is 2.83 bits per heavy atom. The zero-order valence-electron chi connectivity index (χ0n) is 9.22. The normalized spacial score (nSPS) is 10.1. The van der Waals surface area contributed by atoms with Crippen LogP contribution in [0.2, 0.25) is 5.15 Å². The summed E-state index contributed by atoms with van der Waals surface area (Å²) in [4.78, 5) is 18.8. The Morgan fingerprint density at radius 2 is 2.11 bits per heavy atom. The molecule has 0 bridgehead atoms. The van der Waals surface area contributed by atoms with E-state index in [2.05, 4.69) is 15.3 Å². The minimum absolute atomic E-state index is 0.165. The molecular weight excluding hydrogens is 254 g/mol. The van der Waals surface area contributed by atoms with E-state index in [0.717, 1.165) is 0 Å². The van der Waals surface area contributed by atoms with Crippen LogP contribution in [0.25, 0.3) is 0 Å². The zero-order chi connectivity index (χ0) is 13.1. The van der Waals surface area contributed by atoms with E-state index in [1.807, 2.05) is 0 Å². The summed E-state index contributed by atoms with van der Waals surface area (Å²) in [7, 11) is 0. The monoisotopic (exact) mass is 263 g/mol. The van der Waals surface area contributed by atoms with Crippen LogP contribution in [0.4, 0.5) is 17.2 Å². The number of nitrogens with one attached hydrogen (secondary N) is 1. The predicted molar refractivity (Wildman–Crippen MR) is 69.7 cm³/mol. The van der Waals surface area contributed by atoms with Crippen molar-refractivity contribution in [3.63, 3.8) is 0 Å². The van der Waals surface area contributed by atoms with Crippen LogP contribution in [0.3, 0.4) is 0 Å². The molecule has 2 aromatic rings.